The van der Waals surface area contributed by atoms with Crippen LogP contribution in [0.5, 0.6) is 0 Å². The number of imide groups is 1. The number of carbonyl (C=O) groups is 2. The van der Waals surface area contributed by atoms with Crippen molar-refractivity contribution < 1.29 is 19.2 Å². The Labute approximate surface area is 118 Å². The van der Waals surface area contributed by atoms with Gasteiger partial charge in [-0.2, -0.15) is 5.06 Å². The third-order valence-corrected chi connectivity index (χ3v) is 2.80. The number of benzene rings is 1. The molecular weight excluding hydrogens is 260 g/mol. The number of hydrogen-bond donors (Lipinski definition) is 1. The largest absolute Gasteiger partial charge is 0.450 e. The second kappa shape index (κ2) is 8.29. The van der Waals surface area contributed by atoms with E-state index >= 15 is 0 Å². The summed E-state index contributed by atoms with van der Waals surface area (Å²) in [7, 11) is 3.11. The smallest absolute Gasteiger partial charge is 0.413 e. The summed E-state index contributed by atoms with van der Waals surface area (Å²) in [6, 6.07) is 8.89. The Hall–Kier alpha value is -1.92. The van der Waals surface area contributed by atoms with Crippen LogP contribution in [-0.4, -0.2) is 43.9 Å². The third kappa shape index (κ3) is 4.99. The van der Waals surface area contributed by atoms with E-state index in [-0.39, 0.29) is 6.61 Å². The molecule has 6 heteroatoms. The van der Waals surface area contributed by atoms with E-state index in [0.717, 1.165) is 5.56 Å². The van der Waals surface area contributed by atoms with Crippen molar-refractivity contribution >= 4 is 12.0 Å². The molecule has 110 valence electrons. The summed E-state index contributed by atoms with van der Waals surface area (Å²) in [5.74, 6) is -0.461. The molecule has 0 aliphatic rings. The summed E-state index contributed by atoms with van der Waals surface area (Å²) < 4.78 is 4.70. The zero-order chi connectivity index (χ0) is 15.0. The van der Waals surface area contributed by atoms with Gasteiger partial charge in [-0.15, -0.1) is 0 Å². The molecule has 1 rings (SSSR count). The lowest BCUT2D eigenvalue weighted by atomic mass is 10.1. The van der Waals surface area contributed by atoms with Crippen molar-refractivity contribution in [1.29, 1.82) is 0 Å². The average Bonchev–Trinajstić information content (AvgIpc) is 2.45. The van der Waals surface area contributed by atoms with Crippen molar-refractivity contribution in [3.8, 4) is 0 Å². The lowest BCUT2D eigenvalue weighted by Crippen LogP contribution is -2.48. The molecule has 0 spiro atoms. The molecule has 20 heavy (non-hydrogen) atoms. The molecule has 1 unspecified atom stereocenters. The Morgan fingerprint density at radius 2 is 1.95 bits per heavy atom. The van der Waals surface area contributed by atoms with Crippen molar-refractivity contribution in [2.45, 2.75) is 19.4 Å². The Morgan fingerprint density at radius 3 is 2.50 bits per heavy atom. The fourth-order valence-corrected chi connectivity index (χ4v) is 1.70. The molecule has 0 saturated carbocycles. The van der Waals surface area contributed by atoms with Crippen molar-refractivity contribution in [1.82, 2.24) is 10.4 Å². The van der Waals surface area contributed by atoms with E-state index in [2.05, 4.69) is 5.32 Å². The number of nitrogens with zero attached hydrogens (tertiary/aromatic N) is 1. The van der Waals surface area contributed by atoms with Gasteiger partial charge in [0.25, 0.3) is 0 Å². The van der Waals surface area contributed by atoms with Crippen LogP contribution >= 0.6 is 0 Å². The molecule has 1 aromatic rings. The van der Waals surface area contributed by atoms with Crippen LogP contribution in [0.15, 0.2) is 30.3 Å². The Morgan fingerprint density at radius 1 is 1.30 bits per heavy atom. The number of rotatable bonds is 6. The van der Waals surface area contributed by atoms with Crippen molar-refractivity contribution in [3.05, 3.63) is 35.9 Å². The summed E-state index contributed by atoms with van der Waals surface area (Å²) in [5.41, 5.74) is 0.973. The van der Waals surface area contributed by atoms with Gasteiger partial charge in [-0.05, 0) is 18.9 Å². The first-order valence-electron chi connectivity index (χ1n) is 6.37. The summed E-state index contributed by atoms with van der Waals surface area (Å²) in [6.07, 6.45) is -0.323. The number of amides is 2. The minimum absolute atomic E-state index is 0.211. The Balaban J connectivity index is 2.73. The van der Waals surface area contributed by atoms with Crippen molar-refractivity contribution in [2.75, 3.05) is 20.8 Å². The highest BCUT2D eigenvalue weighted by Gasteiger charge is 2.25. The van der Waals surface area contributed by atoms with E-state index in [1.54, 1.807) is 14.0 Å². The molecule has 1 N–H and O–H groups in total. The summed E-state index contributed by atoms with van der Waals surface area (Å²) in [4.78, 5) is 28.5. The number of hydrogen-bond acceptors (Lipinski definition) is 5. The molecule has 0 bridgehead atoms. The van der Waals surface area contributed by atoms with Gasteiger partial charge in [0.05, 0.1) is 13.7 Å². The van der Waals surface area contributed by atoms with Crippen LogP contribution in [0.4, 0.5) is 4.79 Å². The maximum absolute atomic E-state index is 12.1. The second-order valence-electron chi connectivity index (χ2n) is 4.14. The number of ether oxygens (including phenoxy) is 1. The number of carbonyl (C=O) groups excluding carboxylic acids is 2. The van der Waals surface area contributed by atoms with Crippen LogP contribution in [0.3, 0.4) is 0 Å². The van der Waals surface area contributed by atoms with Crippen LogP contribution in [0.1, 0.15) is 12.5 Å². The molecule has 0 aromatic heterocycles. The minimum atomic E-state index is -0.750. The lowest BCUT2D eigenvalue weighted by molar-refractivity contribution is -0.160. The van der Waals surface area contributed by atoms with Gasteiger partial charge < -0.3 is 9.57 Å². The fourth-order valence-electron chi connectivity index (χ4n) is 1.70. The molecule has 0 heterocycles. The first kappa shape index (κ1) is 16.1. The lowest BCUT2D eigenvalue weighted by Gasteiger charge is -2.24. The third-order valence-electron chi connectivity index (χ3n) is 2.80. The first-order valence-corrected chi connectivity index (χ1v) is 6.37. The van der Waals surface area contributed by atoms with Gasteiger partial charge in [0, 0.05) is 7.05 Å². The van der Waals surface area contributed by atoms with Gasteiger partial charge in [-0.3, -0.25) is 10.1 Å². The monoisotopic (exact) mass is 280 g/mol. The van der Waals surface area contributed by atoms with E-state index in [1.165, 1.54) is 12.2 Å². The molecule has 0 aliphatic heterocycles. The molecule has 0 radical (unpaired) electrons. The standard InChI is InChI=1S/C14H20N2O4/c1-4-20-14(18)15-13(17)12(16(2)19-3)10-11-8-6-5-7-9-11/h5-9,12H,4,10H2,1-3H3,(H,15,17,18). The van der Waals surface area contributed by atoms with Gasteiger partial charge >= 0.3 is 6.09 Å². The van der Waals surface area contributed by atoms with Gasteiger partial charge in [0.2, 0.25) is 5.91 Å². The van der Waals surface area contributed by atoms with E-state index < -0.39 is 18.0 Å². The Kier molecular flexibility index (Phi) is 6.69. The molecule has 2 amide bonds. The molecule has 0 fully saturated rings. The highest BCUT2D eigenvalue weighted by molar-refractivity contribution is 5.94. The predicted octanol–water partition coefficient (Wildman–Crippen LogP) is 1.36. The summed E-state index contributed by atoms with van der Waals surface area (Å²) >= 11 is 0. The van der Waals surface area contributed by atoms with Crippen LogP contribution in [0.25, 0.3) is 0 Å². The van der Waals surface area contributed by atoms with Crippen LogP contribution < -0.4 is 5.32 Å². The van der Waals surface area contributed by atoms with Crippen LogP contribution in [-0.2, 0) is 20.8 Å². The maximum atomic E-state index is 12.1. The van der Waals surface area contributed by atoms with Crippen LogP contribution in [0.2, 0.25) is 0 Å². The minimum Gasteiger partial charge on any atom is -0.450 e. The van der Waals surface area contributed by atoms with Gasteiger partial charge in [-0.25, -0.2) is 4.79 Å². The molecular formula is C14H20N2O4. The zero-order valence-electron chi connectivity index (χ0n) is 12.0. The highest BCUT2D eigenvalue weighted by Crippen LogP contribution is 2.08. The number of alkyl carbamates (subject to hydrolysis) is 1. The normalized spacial score (nSPS) is 12.0. The van der Waals surface area contributed by atoms with Gasteiger partial charge in [0.15, 0.2) is 0 Å². The molecule has 6 nitrogen and oxygen atoms in total. The molecule has 0 aliphatic carbocycles. The fraction of sp³-hybridized carbons (Fsp3) is 0.429. The van der Waals surface area contributed by atoms with Crippen molar-refractivity contribution in [2.24, 2.45) is 0 Å². The van der Waals surface area contributed by atoms with Crippen molar-refractivity contribution in [3.63, 3.8) is 0 Å². The quantitative estimate of drug-likeness (QED) is 0.797. The van der Waals surface area contributed by atoms with Crippen LogP contribution in [0, 0.1) is 0 Å². The topological polar surface area (TPSA) is 67.9 Å². The molecule has 0 saturated heterocycles. The number of nitrogens with one attached hydrogen (secondary N) is 1. The maximum Gasteiger partial charge on any atom is 0.413 e. The average molecular weight is 280 g/mol. The number of likely N-dealkylation sites (N-methyl/N-ethyl adjacent to an activating group) is 1. The summed E-state index contributed by atoms with van der Waals surface area (Å²) in [5, 5.41) is 3.60. The first-order chi connectivity index (χ1) is 9.58. The highest BCUT2D eigenvalue weighted by atomic mass is 16.7. The van der Waals surface area contributed by atoms with E-state index in [1.807, 2.05) is 30.3 Å². The molecule has 1 aromatic carbocycles. The number of hydroxylamine groups is 2. The van der Waals surface area contributed by atoms with E-state index in [9.17, 15) is 9.59 Å². The van der Waals surface area contributed by atoms with E-state index in [4.69, 9.17) is 9.57 Å². The zero-order valence-corrected chi connectivity index (χ0v) is 12.0. The van der Waals surface area contributed by atoms with E-state index in [0.29, 0.717) is 6.42 Å². The van der Waals surface area contributed by atoms with Gasteiger partial charge in [-0.1, -0.05) is 30.3 Å². The Bertz CT molecular complexity index is 436. The van der Waals surface area contributed by atoms with Gasteiger partial charge in [0.1, 0.15) is 6.04 Å². The second-order valence-corrected chi connectivity index (χ2v) is 4.14. The predicted molar refractivity (Wildman–Crippen MR) is 73.9 cm³/mol. The SMILES string of the molecule is CCOC(=O)NC(=O)C(Cc1ccccc1)N(C)OC. The molecule has 1 atom stereocenters. The summed E-state index contributed by atoms with van der Waals surface area (Å²) in [6.45, 7) is 1.88.